The molecule has 0 atom stereocenters. The Morgan fingerprint density at radius 3 is 1.97 bits per heavy atom. The van der Waals surface area contributed by atoms with E-state index in [0.717, 1.165) is 36.8 Å². The quantitative estimate of drug-likeness (QED) is 0.768. The molecule has 0 unspecified atom stereocenters. The predicted molar refractivity (Wildman–Crippen MR) is 114 cm³/mol. The summed E-state index contributed by atoms with van der Waals surface area (Å²) in [5, 5.41) is 0. The van der Waals surface area contributed by atoms with E-state index in [9.17, 15) is 13.2 Å². The van der Waals surface area contributed by atoms with Crippen LogP contribution in [0.5, 0.6) is 0 Å². The molecule has 0 radical (unpaired) electrons. The van der Waals surface area contributed by atoms with Gasteiger partial charge in [0.25, 0.3) is 0 Å². The van der Waals surface area contributed by atoms with Crippen molar-refractivity contribution in [3.63, 3.8) is 0 Å². The summed E-state index contributed by atoms with van der Waals surface area (Å²) >= 11 is 0. The van der Waals surface area contributed by atoms with Crippen LogP contribution in [0, 0.1) is 5.92 Å². The molecule has 29 heavy (non-hydrogen) atoms. The van der Waals surface area contributed by atoms with Gasteiger partial charge in [0.1, 0.15) is 0 Å². The number of amides is 1. The van der Waals surface area contributed by atoms with Crippen LogP contribution in [0.15, 0.2) is 59.5 Å². The zero-order chi connectivity index (χ0) is 20.3. The lowest BCUT2D eigenvalue weighted by Crippen LogP contribution is -2.52. The van der Waals surface area contributed by atoms with E-state index in [1.165, 1.54) is 10.7 Å². The van der Waals surface area contributed by atoms with Gasteiger partial charge in [0.2, 0.25) is 15.9 Å². The van der Waals surface area contributed by atoms with Crippen LogP contribution in [-0.2, 0) is 14.8 Å². The van der Waals surface area contributed by atoms with Crippen LogP contribution in [0.4, 0.5) is 0 Å². The van der Waals surface area contributed by atoms with Gasteiger partial charge < -0.3 is 4.90 Å². The number of piperazine rings is 1. The van der Waals surface area contributed by atoms with Gasteiger partial charge in [-0.25, -0.2) is 8.42 Å². The Bertz CT molecular complexity index is 928. The number of hydrogen-bond acceptors (Lipinski definition) is 3. The molecule has 2 aliphatic rings. The van der Waals surface area contributed by atoms with Gasteiger partial charge in [0, 0.05) is 32.1 Å². The number of hydrogen-bond donors (Lipinski definition) is 0. The van der Waals surface area contributed by atoms with Gasteiger partial charge in [0.05, 0.1) is 4.90 Å². The Labute approximate surface area is 173 Å². The summed E-state index contributed by atoms with van der Waals surface area (Å²) in [7, 11) is -3.54. The normalized spacial score (nSPS) is 19.2. The minimum Gasteiger partial charge on any atom is -0.340 e. The largest absolute Gasteiger partial charge is 0.340 e. The maximum atomic E-state index is 13.0. The molecule has 0 N–H and O–H groups in total. The number of benzene rings is 2. The summed E-state index contributed by atoms with van der Waals surface area (Å²) in [5.74, 6) is 0.353. The zero-order valence-electron chi connectivity index (χ0n) is 16.7. The van der Waals surface area contributed by atoms with Gasteiger partial charge in [-0.15, -0.1) is 0 Å². The third kappa shape index (κ3) is 4.38. The number of carbonyl (C=O) groups is 1. The molecule has 0 aromatic heterocycles. The highest BCUT2D eigenvalue weighted by atomic mass is 32.2. The number of sulfonamides is 1. The lowest BCUT2D eigenvalue weighted by atomic mass is 9.88. The number of rotatable bonds is 4. The molecule has 1 aliphatic carbocycles. The van der Waals surface area contributed by atoms with Gasteiger partial charge in [-0.1, -0.05) is 61.7 Å². The third-order valence-corrected chi connectivity index (χ3v) is 8.02. The van der Waals surface area contributed by atoms with Gasteiger partial charge in [0.15, 0.2) is 0 Å². The van der Waals surface area contributed by atoms with Crippen molar-refractivity contribution in [1.82, 2.24) is 9.21 Å². The summed E-state index contributed by atoms with van der Waals surface area (Å²) in [6.45, 7) is 1.69. The van der Waals surface area contributed by atoms with Crippen molar-refractivity contribution in [2.45, 2.75) is 37.0 Å². The lowest BCUT2D eigenvalue weighted by molar-refractivity contribution is -0.137. The van der Waals surface area contributed by atoms with Crippen LogP contribution < -0.4 is 0 Å². The molecular weight excluding hydrogens is 384 g/mol. The Kier molecular flexibility index (Phi) is 6.01. The molecule has 1 saturated heterocycles. The molecule has 2 fully saturated rings. The summed E-state index contributed by atoms with van der Waals surface area (Å²) in [5.41, 5.74) is 2.05. The van der Waals surface area contributed by atoms with E-state index in [-0.39, 0.29) is 11.8 Å². The third-order valence-electron chi connectivity index (χ3n) is 6.10. The van der Waals surface area contributed by atoms with Gasteiger partial charge in [-0.2, -0.15) is 4.31 Å². The highest BCUT2D eigenvalue weighted by Gasteiger charge is 2.32. The molecule has 1 saturated carbocycles. The fourth-order valence-electron chi connectivity index (χ4n) is 4.36. The van der Waals surface area contributed by atoms with Crippen molar-refractivity contribution in [2.75, 3.05) is 26.2 Å². The molecule has 154 valence electrons. The summed E-state index contributed by atoms with van der Waals surface area (Å²) < 4.78 is 27.6. The van der Waals surface area contributed by atoms with Gasteiger partial charge in [-0.05, 0) is 36.1 Å². The van der Waals surface area contributed by atoms with E-state index in [0.29, 0.717) is 31.1 Å². The zero-order valence-corrected chi connectivity index (χ0v) is 17.5. The van der Waals surface area contributed by atoms with E-state index in [1.807, 2.05) is 47.4 Å². The standard InChI is InChI=1S/C23H28N2O3S/c26-23(21-9-5-2-6-10-21)24-15-17-25(18-16-24)29(27,28)22-13-11-20(12-14-22)19-7-3-1-4-8-19/h1,3-4,7-8,11-14,21H,2,5-6,9-10,15-18H2. The molecule has 5 nitrogen and oxygen atoms in total. The fraction of sp³-hybridized carbons (Fsp3) is 0.435. The molecule has 2 aromatic rings. The first-order valence-electron chi connectivity index (χ1n) is 10.5. The Hall–Kier alpha value is -2.18. The van der Waals surface area contributed by atoms with E-state index < -0.39 is 10.0 Å². The van der Waals surface area contributed by atoms with Crippen molar-refractivity contribution in [3.05, 3.63) is 54.6 Å². The first kappa shape index (κ1) is 20.1. The second kappa shape index (κ2) is 8.67. The lowest BCUT2D eigenvalue weighted by Gasteiger charge is -2.36. The SMILES string of the molecule is O=C(C1CCCCC1)N1CCN(S(=O)(=O)c2ccc(-c3ccccc3)cc2)CC1. The second-order valence-electron chi connectivity index (χ2n) is 7.95. The van der Waals surface area contributed by atoms with Crippen LogP contribution >= 0.6 is 0 Å². The molecule has 6 heteroatoms. The molecule has 4 rings (SSSR count). The average Bonchev–Trinajstić information content (AvgIpc) is 2.80. The maximum Gasteiger partial charge on any atom is 0.243 e. The number of nitrogens with zero attached hydrogens (tertiary/aromatic N) is 2. The van der Waals surface area contributed by atoms with Gasteiger partial charge in [-0.3, -0.25) is 4.79 Å². The first-order chi connectivity index (χ1) is 14.1. The molecule has 2 aromatic carbocycles. The molecule has 1 amide bonds. The van der Waals surface area contributed by atoms with Crippen molar-refractivity contribution < 1.29 is 13.2 Å². The highest BCUT2D eigenvalue weighted by molar-refractivity contribution is 7.89. The molecular formula is C23H28N2O3S. The van der Waals surface area contributed by atoms with E-state index in [4.69, 9.17) is 0 Å². The summed E-state index contributed by atoms with van der Waals surface area (Å²) in [6.07, 6.45) is 5.43. The summed E-state index contributed by atoms with van der Waals surface area (Å²) in [6, 6.07) is 17.0. The average molecular weight is 413 g/mol. The van der Waals surface area contributed by atoms with Crippen LogP contribution in [0.25, 0.3) is 11.1 Å². The van der Waals surface area contributed by atoms with Crippen molar-refractivity contribution >= 4 is 15.9 Å². The monoisotopic (exact) mass is 412 g/mol. The minimum absolute atomic E-state index is 0.137. The Balaban J connectivity index is 1.40. The van der Waals surface area contributed by atoms with E-state index >= 15 is 0 Å². The second-order valence-corrected chi connectivity index (χ2v) is 9.89. The predicted octanol–water partition coefficient (Wildman–Crippen LogP) is 3.77. The van der Waals surface area contributed by atoms with Crippen LogP contribution in [-0.4, -0.2) is 49.7 Å². The molecule has 0 bridgehead atoms. The smallest absolute Gasteiger partial charge is 0.243 e. The maximum absolute atomic E-state index is 13.0. The first-order valence-corrected chi connectivity index (χ1v) is 11.9. The van der Waals surface area contributed by atoms with Crippen LogP contribution in [0.2, 0.25) is 0 Å². The van der Waals surface area contributed by atoms with E-state index in [2.05, 4.69) is 0 Å². The Morgan fingerprint density at radius 1 is 0.759 bits per heavy atom. The van der Waals surface area contributed by atoms with E-state index in [1.54, 1.807) is 12.1 Å². The minimum atomic E-state index is -3.54. The molecule has 0 spiro atoms. The van der Waals surface area contributed by atoms with Gasteiger partial charge >= 0.3 is 0 Å². The van der Waals surface area contributed by atoms with Crippen molar-refractivity contribution in [3.8, 4) is 11.1 Å². The highest BCUT2D eigenvalue weighted by Crippen LogP contribution is 2.27. The summed E-state index contributed by atoms with van der Waals surface area (Å²) in [4.78, 5) is 14.9. The molecule has 1 heterocycles. The number of carbonyl (C=O) groups excluding carboxylic acids is 1. The van der Waals surface area contributed by atoms with Crippen LogP contribution in [0.3, 0.4) is 0 Å². The van der Waals surface area contributed by atoms with Crippen LogP contribution in [0.1, 0.15) is 32.1 Å². The fourth-order valence-corrected chi connectivity index (χ4v) is 5.78. The molecule has 1 aliphatic heterocycles. The van der Waals surface area contributed by atoms with Crippen molar-refractivity contribution in [2.24, 2.45) is 5.92 Å². The Morgan fingerprint density at radius 2 is 1.34 bits per heavy atom. The van der Waals surface area contributed by atoms with Crippen molar-refractivity contribution in [1.29, 1.82) is 0 Å². The topological polar surface area (TPSA) is 57.7 Å².